The third kappa shape index (κ3) is 1.88. The van der Waals surface area contributed by atoms with Gasteiger partial charge in [0.2, 0.25) is 5.56 Å². The molecule has 2 rings (SSSR count). The summed E-state index contributed by atoms with van der Waals surface area (Å²) >= 11 is 0. The van der Waals surface area contributed by atoms with Crippen LogP contribution in [0.25, 0.3) is 11.5 Å². The zero-order valence-corrected chi connectivity index (χ0v) is 9.56. The lowest BCUT2D eigenvalue weighted by molar-refractivity contribution is 0.399. The van der Waals surface area contributed by atoms with Crippen LogP contribution in [0, 0.1) is 0 Å². The third-order valence-electron chi connectivity index (χ3n) is 2.28. The third-order valence-corrected chi connectivity index (χ3v) is 2.28. The molecule has 84 valence electrons. The number of pyridine rings is 1. The largest absolute Gasteiger partial charge is 0.319 e. The van der Waals surface area contributed by atoms with Gasteiger partial charge in [0.1, 0.15) is 6.33 Å². The van der Waals surface area contributed by atoms with Gasteiger partial charge in [-0.25, -0.2) is 0 Å². The molecule has 0 aliphatic heterocycles. The van der Waals surface area contributed by atoms with E-state index in [2.05, 4.69) is 36.0 Å². The molecule has 0 fully saturated rings. The maximum atomic E-state index is 11.2. The molecule has 0 aromatic carbocycles. The summed E-state index contributed by atoms with van der Waals surface area (Å²) in [7, 11) is 0. The molecule has 5 heteroatoms. The Morgan fingerprint density at radius 2 is 2.06 bits per heavy atom. The van der Waals surface area contributed by atoms with E-state index in [9.17, 15) is 4.79 Å². The van der Waals surface area contributed by atoms with E-state index < -0.39 is 0 Å². The average molecular weight is 218 g/mol. The first-order chi connectivity index (χ1) is 7.48. The van der Waals surface area contributed by atoms with Gasteiger partial charge in [0, 0.05) is 11.6 Å². The van der Waals surface area contributed by atoms with Gasteiger partial charge in [-0.2, -0.15) is 0 Å². The Kier molecular flexibility index (Phi) is 2.38. The molecule has 2 heterocycles. The number of nitrogens with zero attached hydrogens (tertiary/aromatic N) is 3. The number of rotatable bonds is 1. The van der Waals surface area contributed by atoms with Crippen molar-refractivity contribution >= 4 is 0 Å². The number of nitrogens with one attached hydrogen (secondary N) is 1. The van der Waals surface area contributed by atoms with Gasteiger partial charge >= 0.3 is 0 Å². The van der Waals surface area contributed by atoms with E-state index in [4.69, 9.17) is 0 Å². The monoisotopic (exact) mass is 218 g/mol. The Labute approximate surface area is 93.2 Å². The summed E-state index contributed by atoms with van der Waals surface area (Å²) in [5.41, 5.74) is 0.423. The van der Waals surface area contributed by atoms with Gasteiger partial charge in [0.25, 0.3) is 0 Å². The minimum Gasteiger partial charge on any atom is -0.319 e. The lowest BCUT2D eigenvalue weighted by atomic mass is 10.1. The van der Waals surface area contributed by atoms with Crippen LogP contribution < -0.4 is 5.56 Å². The molecule has 0 amide bonds. The minimum atomic E-state index is -0.138. The van der Waals surface area contributed by atoms with Crippen molar-refractivity contribution in [3.05, 3.63) is 34.9 Å². The van der Waals surface area contributed by atoms with Crippen LogP contribution in [-0.2, 0) is 5.54 Å². The number of aromatic amines is 1. The summed E-state index contributed by atoms with van der Waals surface area (Å²) in [6, 6.07) is 4.99. The van der Waals surface area contributed by atoms with Crippen molar-refractivity contribution < 1.29 is 0 Å². The molecule has 0 aliphatic carbocycles. The Balaban J connectivity index is 2.58. The molecule has 0 unspecified atom stereocenters. The highest BCUT2D eigenvalue weighted by Crippen LogP contribution is 2.21. The molecule has 1 N–H and O–H groups in total. The molecule has 5 nitrogen and oxygen atoms in total. The van der Waals surface area contributed by atoms with E-state index >= 15 is 0 Å². The van der Waals surface area contributed by atoms with Crippen LogP contribution in [0.5, 0.6) is 0 Å². The maximum Gasteiger partial charge on any atom is 0.248 e. The first-order valence-electron chi connectivity index (χ1n) is 5.09. The summed E-state index contributed by atoms with van der Waals surface area (Å²) in [6.07, 6.45) is 1.67. The maximum absolute atomic E-state index is 11.2. The first-order valence-corrected chi connectivity index (χ1v) is 5.09. The van der Waals surface area contributed by atoms with Crippen molar-refractivity contribution in [1.29, 1.82) is 0 Å². The topological polar surface area (TPSA) is 63.6 Å². The quantitative estimate of drug-likeness (QED) is 0.786. The summed E-state index contributed by atoms with van der Waals surface area (Å²) in [4.78, 5) is 14.0. The molecular weight excluding hydrogens is 204 g/mol. The van der Waals surface area contributed by atoms with Crippen LogP contribution in [0.4, 0.5) is 0 Å². The van der Waals surface area contributed by atoms with Crippen molar-refractivity contribution in [2.24, 2.45) is 0 Å². The minimum absolute atomic E-state index is 0.119. The van der Waals surface area contributed by atoms with Gasteiger partial charge in [-0.3, -0.25) is 4.79 Å². The number of H-pyrrole nitrogens is 1. The van der Waals surface area contributed by atoms with Gasteiger partial charge in [-0.1, -0.05) is 6.07 Å². The normalized spacial score (nSPS) is 11.7. The van der Waals surface area contributed by atoms with Crippen LogP contribution in [0.15, 0.2) is 29.3 Å². The van der Waals surface area contributed by atoms with E-state index in [0.29, 0.717) is 11.5 Å². The summed E-state index contributed by atoms with van der Waals surface area (Å²) < 4.78 is 1.93. The molecule has 0 bridgehead atoms. The molecule has 2 aromatic heterocycles. The van der Waals surface area contributed by atoms with Crippen LogP contribution in [0.2, 0.25) is 0 Å². The second kappa shape index (κ2) is 3.59. The Morgan fingerprint density at radius 1 is 1.31 bits per heavy atom. The van der Waals surface area contributed by atoms with E-state index in [1.165, 1.54) is 6.07 Å². The molecular formula is C11H14N4O. The van der Waals surface area contributed by atoms with E-state index in [0.717, 1.165) is 0 Å². The molecule has 0 aliphatic rings. The number of hydrogen-bond acceptors (Lipinski definition) is 3. The zero-order valence-electron chi connectivity index (χ0n) is 9.56. The summed E-state index contributed by atoms with van der Waals surface area (Å²) in [5, 5.41) is 7.92. The van der Waals surface area contributed by atoms with Crippen LogP contribution in [-0.4, -0.2) is 19.7 Å². The van der Waals surface area contributed by atoms with Crippen molar-refractivity contribution in [1.82, 2.24) is 19.7 Å². The molecule has 0 saturated heterocycles. The lowest BCUT2D eigenvalue weighted by Gasteiger charge is -2.22. The van der Waals surface area contributed by atoms with E-state index in [1.807, 2.05) is 10.6 Å². The fourth-order valence-electron chi connectivity index (χ4n) is 1.49. The van der Waals surface area contributed by atoms with Gasteiger partial charge in [0.05, 0.1) is 5.69 Å². The molecule has 0 spiro atoms. The summed E-state index contributed by atoms with van der Waals surface area (Å²) in [5.74, 6) is 0.671. The van der Waals surface area contributed by atoms with Crippen LogP contribution in [0.1, 0.15) is 20.8 Å². The van der Waals surface area contributed by atoms with Gasteiger partial charge in [-0.15, -0.1) is 10.2 Å². The molecule has 16 heavy (non-hydrogen) atoms. The van der Waals surface area contributed by atoms with Crippen molar-refractivity contribution in [2.75, 3.05) is 0 Å². The average Bonchev–Trinajstić information content (AvgIpc) is 2.65. The van der Waals surface area contributed by atoms with Gasteiger partial charge in [-0.05, 0) is 26.8 Å². The smallest absolute Gasteiger partial charge is 0.248 e. The lowest BCUT2D eigenvalue weighted by Crippen LogP contribution is -2.22. The van der Waals surface area contributed by atoms with Crippen LogP contribution >= 0.6 is 0 Å². The molecule has 2 aromatic rings. The Hall–Kier alpha value is -1.91. The fourth-order valence-corrected chi connectivity index (χ4v) is 1.49. The van der Waals surface area contributed by atoms with Crippen molar-refractivity contribution in [2.45, 2.75) is 26.3 Å². The predicted octanol–water partition coefficient (Wildman–Crippen LogP) is 1.39. The SMILES string of the molecule is CC(C)(C)n1cnnc1-c1cccc(=O)[nH]1. The highest BCUT2D eigenvalue weighted by molar-refractivity contribution is 5.48. The highest BCUT2D eigenvalue weighted by Gasteiger charge is 2.18. The number of hydrogen-bond donors (Lipinski definition) is 1. The second-order valence-electron chi connectivity index (χ2n) is 4.62. The highest BCUT2D eigenvalue weighted by atomic mass is 16.1. The van der Waals surface area contributed by atoms with Crippen molar-refractivity contribution in [3.63, 3.8) is 0 Å². The molecule has 0 radical (unpaired) electrons. The fraction of sp³-hybridized carbons (Fsp3) is 0.364. The Bertz CT molecular complexity index is 547. The molecule has 0 saturated carbocycles. The zero-order chi connectivity index (χ0) is 11.8. The van der Waals surface area contributed by atoms with E-state index in [-0.39, 0.29) is 11.1 Å². The predicted molar refractivity (Wildman–Crippen MR) is 61.1 cm³/mol. The molecule has 0 atom stereocenters. The first kappa shape index (κ1) is 10.6. The van der Waals surface area contributed by atoms with E-state index in [1.54, 1.807) is 12.4 Å². The number of aromatic nitrogens is 4. The standard InChI is InChI=1S/C11H14N4O/c1-11(2,3)15-7-12-14-10(15)8-5-4-6-9(16)13-8/h4-7H,1-3H3,(H,13,16). The summed E-state index contributed by atoms with van der Waals surface area (Å²) in [6.45, 7) is 6.17. The van der Waals surface area contributed by atoms with Gasteiger partial charge in [0.15, 0.2) is 5.82 Å². The second-order valence-corrected chi connectivity index (χ2v) is 4.62. The Morgan fingerprint density at radius 3 is 2.69 bits per heavy atom. The van der Waals surface area contributed by atoms with Crippen LogP contribution in [0.3, 0.4) is 0 Å². The van der Waals surface area contributed by atoms with Crippen molar-refractivity contribution in [3.8, 4) is 11.5 Å². The van der Waals surface area contributed by atoms with Gasteiger partial charge < -0.3 is 9.55 Å².